The van der Waals surface area contributed by atoms with E-state index in [4.69, 9.17) is 9.84 Å². The first kappa shape index (κ1) is 14.0. The Kier molecular flexibility index (Phi) is 4.27. The topological polar surface area (TPSA) is 72.6 Å². The third-order valence-corrected chi connectivity index (χ3v) is 2.69. The molecule has 0 aliphatic heterocycles. The fourth-order valence-corrected chi connectivity index (χ4v) is 1.77. The van der Waals surface area contributed by atoms with Crippen LogP contribution in [0.3, 0.4) is 0 Å². The van der Waals surface area contributed by atoms with Crippen LogP contribution in [0, 0.1) is 15.9 Å². The SMILES string of the molecule is O=[N+]([O-])c1ccc(F)cc1Oc1ccccc1CCO. The normalized spacial score (nSPS) is 10.3. The van der Waals surface area contributed by atoms with E-state index in [0.717, 1.165) is 18.2 Å². The zero-order valence-electron chi connectivity index (χ0n) is 10.5. The Morgan fingerprint density at radius 2 is 1.95 bits per heavy atom. The maximum Gasteiger partial charge on any atom is 0.311 e. The largest absolute Gasteiger partial charge is 0.450 e. The molecule has 0 aliphatic rings. The molecule has 0 spiro atoms. The highest BCUT2D eigenvalue weighted by Crippen LogP contribution is 2.33. The first-order chi connectivity index (χ1) is 9.61. The van der Waals surface area contributed by atoms with E-state index in [1.54, 1.807) is 24.3 Å². The molecule has 104 valence electrons. The van der Waals surface area contributed by atoms with E-state index in [1.807, 2.05) is 0 Å². The van der Waals surface area contributed by atoms with Crippen LogP contribution in [0.5, 0.6) is 11.5 Å². The third-order valence-electron chi connectivity index (χ3n) is 2.69. The van der Waals surface area contributed by atoms with Crippen molar-refractivity contribution in [2.75, 3.05) is 6.61 Å². The van der Waals surface area contributed by atoms with Crippen LogP contribution in [-0.4, -0.2) is 16.6 Å². The summed E-state index contributed by atoms with van der Waals surface area (Å²) in [4.78, 5) is 10.3. The number of ether oxygens (including phenoxy) is 1. The molecule has 2 aromatic carbocycles. The van der Waals surface area contributed by atoms with Gasteiger partial charge in [-0.05, 0) is 24.1 Å². The standard InChI is InChI=1S/C14H12FNO4/c15-11-5-6-12(16(18)19)14(9-11)20-13-4-2-1-3-10(13)7-8-17/h1-6,9,17H,7-8H2. The fourth-order valence-electron chi connectivity index (χ4n) is 1.77. The second-order valence-electron chi connectivity index (χ2n) is 4.05. The number of nitro benzene ring substituents is 1. The van der Waals surface area contributed by atoms with E-state index in [9.17, 15) is 14.5 Å². The van der Waals surface area contributed by atoms with E-state index < -0.39 is 10.7 Å². The van der Waals surface area contributed by atoms with Gasteiger partial charge in [-0.1, -0.05) is 18.2 Å². The molecular weight excluding hydrogens is 265 g/mol. The maximum atomic E-state index is 13.2. The Bertz CT molecular complexity index is 630. The number of hydrogen-bond donors (Lipinski definition) is 1. The monoisotopic (exact) mass is 277 g/mol. The molecule has 2 aromatic rings. The molecule has 0 aliphatic carbocycles. The van der Waals surface area contributed by atoms with Gasteiger partial charge >= 0.3 is 5.69 Å². The lowest BCUT2D eigenvalue weighted by molar-refractivity contribution is -0.385. The van der Waals surface area contributed by atoms with Crippen LogP contribution in [0.4, 0.5) is 10.1 Å². The smallest absolute Gasteiger partial charge is 0.311 e. The van der Waals surface area contributed by atoms with Crippen molar-refractivity contribution in [3.63, 3.8) is 0 Å². The first-order valence-corrected chi connectivity index (χ1v) is 5.92. The Hall–Kier alpha value is -2.47. The number of para-hydroxylation sites is 1. The molecule has 0 heterocycles. The van der Waals surface area contributed by atoms with Crippen LogP contribution in [0.25, 0.3) is 0 Å². The first-order valence-electron chi connectivity index (χ1n) is 5.92. The molecule has 0 unspecified atom stereocenters. The second-order valence-corrected chi connectivity index (χ2v) is 4.05. The van der Waals surface area contributed by atoms with Gasteiger partial charge in [0.05, 0.1) is 4.92 Å². The predicted octanol–water partition coefficient (Wildman–Crippen LogP) is 3.06. The minimum Gasteiger partial charge on any atom is -0.450 e. The lowest BCUT2D eigenvalue weighted by Crippen LogP contribution is -1.98. The molecule has 0 aromatic heterocycles. The third kappa shape index (κ3) is 3.10. The van der Waals surface area contributed by atoms with E-state index in [-0.39, 0.29) is 18.0 Å². The van der Waals surface area contributed by atoms with Crippen LogP contribution in [0.15, 0.2) is 42.5 Å². The lowest BCUT2D eigenvalue weighted by atomic mass is 10.1. The molecule has 0 radical (unpaired) electrons. The van der Waals surface area contributed by atoms with Crippen molar-refractivity contribution in [1.29, 1.82) is 0 Å². The summed E-state index contributed by atoms with van der Waals surface area (Å²) in [5.41, 5.74) is 0.374. The van der Waals surface area contributed by atoms with Crippen molar-refractivity contribution < 1.29 is 19.2 Å². The van der Waals surface area contributed by atoms with Crippen molar-refractivity contribution in [3.05, 3.63) is 64.0 Å². The number of nitro groups is 1. The minimum atomic E-state index is -0.635. The number of benzene rings is 2. The van der Waals surface area contributed by atoms with Gasteiger partial charge in [-0.3, -0.25) is 10.1 Å². The fraction of sp³-hybridized carbons (Fsp3) is 0.143. The van der Waals surface area contributed by atoms with Gasteiger partial charge in [-0.2, -0.15) is 0 Å². The molecule has 0 saturated carbocycles. The Labute approximate surface area is 114 Å². The lowest BCUT2D eigenvalue weighted by Gasteiger charge is -2.10. The molecule has 5 nitrogen and oxygen atoms in total. The van der Waals surface area contributed by atoms with Gasteiger partial charge in [0.25, 0.3) is 0 Å². The molecule has 20 heavy (non-hydrogen) atoms. The zero-order chi connectivity index (χ0) is 14.5. The molecule has 2 rings (SSSR count). The Balaban J connectivity index is 2.39. The van der Waals surface area contributed by atoms with Gasteiger partial charge in [0.1, 0.15) is 11.6 Å². The zero-order valence-corrected chi connectivity index (χ0v) is 10.5. The van der Waals surface area contributed by atoms with Gasteiger partial charge in [0.2, 0.25) is 5.75 Å². The van der Waals surface area contributed by atoms with Crippen LogP contribution in [0.2, 0.25) is 0 Å². The molecule has 0 bridgehead atoms. The quantitative estimate of drug-likeness (QED) is 0.673. The molecule has 0 amide bonds. The average molecular weight is 277 g/mol. The molecule has 6 heteroatoms. The number of aliphatic hydroxyl groups excluding tert-OH is 1. The Morgan fingerprint density at radius 1 is 1.20 bits per heavy atom. The molecule has 0 saturated heterocycles. The summed E-state index contributed by atoms with van der Waals surface area (Å²) in [6.45, 7) is -0.0778. The van der Waals surface area contributed by atoms with Gasteiger partial charge in [-0.15, -0.1) is 0 Å². The van der Waals surface area contributed by atoms with Crippen LogP contribution in [-0.2, 0) is 6.42 Å². The van der Waals surface area contributed by atoms with E-state index in [2.05, 4.69) is 0 Å². The van der Waals surface area contributed by atoms with Gasteiger partial charge < -0.3 is 9.84 Å². The van der Waals surface area contributed by atoms with Crippen LogP contribution >= 0.6 is 0 Å². The van der Waals surface area contributed by atoms with Crippen molar-refractivity contribution in [2.45, 2.75) is 6.42 Å². The number of rotatable bonds is 5. The van der Waals surface area contributed by atoms with Crippen molar-refractivity contribution in [1.82, 2.24) is 0 Å². The molecule has 1 N–H and O–H groups in total. The summed E-state index contributed by atoms with van der Waals surface area (Å²) in [7, 11) is 0. The summed E-state index contributed by atoms with van der Waals surface area (Å²) in [5, 5.41) is 19.9. The average Bonchev–Trinajstić information content (AvgIpc) is 2.41. The molecule has 0 fully saturated rings. The maximum absolute atomic E-state index is 13.2. The minimum absolute atomic E-state index is 0.0778. The number of nitrogens with zero attached hydrogens (tertiary/aromatic N) is 1. The van der Waals surface area contributed by atoms with Gasteiger partial charge in [0.15, 0.2) is 0 Å². The van der Waals surface area contributed by atoms with E-state index >= 15 is 0 Å². The van der Waals surface area contributed by atoms with Crippen LogP contribution < -0.4 is 4.74 Å². The van der Waals surface area contributed by atoms with Gasteiger partial charge in [-0.25, -0.2) is 4.39 Å². The summed E-state index contributed by atoms with van der Waals surface area (Å²) in [6.07, 6.45) is 0.347. The second kappa shape index (κ2) is 6.12. The summed E-state index contributed by atoms with van der Waals surface area (Å²) in [6, 6.07) is 9.83. The summed E-state index contributed by atoms with van der Waals surface area (Å²) >= 11 is 0. The number of halogens is 1. The van der Waals surface area contributed by atoms with E-state index in [0.29, 0.717) is 17.7 Å². The van der Waals surface area contributed by atoms with Crippen LogP contribution in [0.1, 0.15) is 5.56 Å². The highest BCUT2D eigenvalue weighted by molar-refractivity contribution is 5.49. The number of hydrogen-bond acceptors (Lipinski definition) is 4. The van der Waals surface area contributed by atoms with Crippen molar-refractivity contribution in [3.8, 4) is 11.5 Å². The Morgan fingerprint density at radius 3 is 2.65 bits per heavy atom. The number of aliphatic hydroxyl groups is 1. The van der Waals surface area contributed by atoms with Crippen molar-refractivity contribution >= 4 is 5.69 Å². The highest BCUT2D eigenvalue weighted by Gasteiger charge is 2.17. The predicted molar refractivity (Wildman–Crippen MR) is 70.4 cm³/mol. The van der Waals surface area contributed by atoms with E-state index in [1.165, 1.54) is 0 Å². The molecule has 0 atom stereocenters. The molecular formula is C14H12FNO4. The highest BCUT2D eigenvalue weighted by atomic mass is 19.1. The summed E-state index contributed by atoms with van der Waals surface area (Å²) in [5.74, 6) is -0.430. The van der Waals surface area contributed by atoms with Gasteiger partial charge in [0, 0.05) is 18.7 Å². The summed E-state index contributed by atoms with van der Waals surface area (Å²) < 4.78 is 18.7. The van der Waals surface area contributed by atoms with Crippen molar-refractivity contribution in [2.24, 2.45) is 0 Å².